The molecule has 2 aromatic heterocycles. The second-order valence-electron chi connectivity index (χ2n) is 4.92. The zero-order chi connectivity index (χ0) is 15.2. The number of hydrogen-bond acceptors (Lipinski definition) is 6. The molecule has 2 rings (SSSR count). The zero-order valence-corrected chi connectivity index (χ0v) is 13.3. The summed E-state index contributed by atoms with van der Waals surface area (Å²) in [6, 6.07) is 6.22. The molecule has 2 heterocycles. The second kappa shape index (κ2) is 7.40. The fourth-order valence-corrected chi connectivity index (χ4v) is 2.97. The summed E-state index contributed by atoms with van der Waals surface area (Å²) in [5.74, 6) is 0.342. The first kappa shape index (κ1) is 15.8. The third kappa shape index (κ3) is 4.17. The Morgan fingerprint density at radius 2 is 2.33 bits per heavy atom. The number of methoxy groups -OCH3 is 1. The summed E-state index contributed by atoms with van der Waals surface area (Å²) in [4.78, 5) is 14.8. The van der Waals surface area contributed by atoms with Crippen molar-refractivity contribution in [2.24, 2.45) is 0 Å². The lowest BCUT2D eigenvalue weighted by Gasteiger charge is -2.23. The SMILES string of the molecule is COC(=O)c1coc(CNCC(c2cccs2)N(C)C)c1. The van der Waals surface area contributed by atoms with Gasteiger partial charge in [-0.3, -0.25) is 0 Å². The number of nitrogens with zero attached hydrogens (tertiary/aromatic N) is 1. The number of thiophene rings is 1. The molecule has 6 heteroatoms. The molecule has 1 atom stereocenters. The number of carbonyl (C=O) groups is 1. The lowest BCUT2D eigenvalue weighted by Crippen LogP contribution is -2.30. The van der Waals surface area contributed by atoms with Crippen LogP contribution in [0.4, 0.5) is 0 Å². The van der Waals surface area contributed by atoms with Gasteiger partial charge < -0.3 is 19.4 Å². The van der Waals surface area contributed by atoms with E-state index >= 15 is 0 Å². The van der Waals surface area contributed by atoms with Crippen molar-refractivity contribution < 1.29 is 13.9 Å². The summed E-state index contributed by atoms with van der Waals surface area (Å²) < 4.78 is 9.99. The van der Waals surface area contributed by atoms with Crippen LogP contribution in [0.3, 0.4) is 0 Å². The summed E-state index contributed by atoms with van der Waals surface area (Å²) >= 11 is 1.75. The van der Waals surface area contributed by atoms with E-state index < -0.39 is 0 Å². The molecule has 0 spiro atoms. The van der Waals surface area contributed by atoms with Crippen molar-refractivity contribution in [2.75, 3.05) is 27.7 Å². The van der Waals surface area contributed by atoms with Crippen molar-refractivity contribution in [1.29, 1.82) is 0 Å². The molecule has 5 nitrogen and oxygen atoms in total. The van der Waals surface area contributed by atoms with Gasteiger partial charge in [0, 0.05) is 11.4 Å². The van der Waals surface area contributed by atoms with Gasteiger partial charge >= 0.3 is 5.97 Å². The van der Waals surface area contributed by atoms with Crippen LogP contribution in [-0.4, -0.2) is 38.6 Å². The van der Waals surface area contributed by atoms with Crippen molar-refractivity contribution in [3.05, 3.63) is 46.0 Å². The average molecular weight is 308 g/mol. The van der Waals surface area contributed by atoms with E-state index in [4.69, 9.17) is 4.42 Å². The fraction of sp³-hybridized carbons (Fsp3) is 0.400. The van der Waals surface area contributed by atoms with Crippen LogP contribution in [0.25, 0.3) is 0 Å². The van der Waals surface area contributed by atoms with E-state index in [0.29, 0.717) is 18.2 Å². The zero-order valence-electron chi connectivity index (χ0n) is 12.5. The van der Waals surface area contributed by atoms with Crippen molar-refractivity contribution in [3.63, 3.8) is 0 Å². The van der Waals surface area contributed by atoms with Crippen LogP contribution in [0.2, 0.25) is 0 Å². The topological polar surface area (TPSA) is 54.7 Å². The van der Waals surface area contributed by atoms with Gasteiger partial charge in [-0.05, 0) is 31.6 Å². The highest BCUT2D eigenvalue weighted by molar-refractivity contribution is 7.10. The van der Waals surface area contributed by atoms with Gasteiger partial charge in [0.15, 0.2) is 0 Å². The maximum atomic E-state index is 11.3. The Morgan fingerprint density at radius 3 is 2.95 bits per heavy atom. The standard InChI is InChI=1S/C15H20N2O3S/c1-17(2)13(14-5-4-6-21-14)9-16-8-12-7-11(10-20-12)15(18)19-3/h4-7,10,13,16H,8-9H2,1-3H3. The highest BCUT2D eigenvalue weighted by atomic mass is 32.1. The Kier molecular flexibility index (Phi) is 5.55. The molecular formula is C15H20N2O3S. The second-order valence-corrected chi connectivity index (χ2v) is 5.90. The molecule has 0 radical (unpaired) electrons. The molecule has 0 amide bonds. The molecule has 0 bridgehead atoms. The minimum Gasteiger partial charge on any atom is -0.467 e. The monoisotopic (exact) mass is 308 g/mol. The van der Waals surface area contributed by atoms with Crippen LogP contribution in [0.1, 0.15) is 27.0 Å². The largest absolute Gasteiger partial charge is 0.467 e. The maximum Gasteiger partial charge on any atom is 0.341 e. The minimum atomic E-state index is -0.380. The van der Waals surface area contributed by atoms with Crippen molar-refractivity contribution in [3.8, 4) is 0 Å². The molecule has 1 N–H and O–H groups in total. The number of esters is 1. The van der Waals surface area contributed by atoms with Crippen molar-refractivity contribution >= 4 is 17.3 Å². The van der Waals surface area contributed by atoms with E-state index in [2.05, 4.69) is 46.6 Å². The van der Waals surface area contributed by atoms with Gasteiger partial charge in [-0.15, -0.1) is 11.3 Å². The molecule has 0 aromatic carbocycles. The Labute approximate surface area is 128 Å². The summed E-state index contributed by atoms with van der Waals surface area (Å²) in [5, 5.41) is 5.45. The van der Waals surface area contributed by atoms with E-state index in [-0.39, 0.29) is 5.97 Å². The summed E-state index contributed by atoms with van der Waals surface area (Å²) in [6.45, 7) is 1.38. The van der Waals surface area contributed by atoms with Gasteiger partial charge in [0.1, 0.15) is 12.0 Å². The number of ether oxygens (including phenoxy) is 1. The fourth-order valence-electron chi connectivity index (χ4n) is 2.05. The Morgan fingerprint density at radius 1 is 1.52 bits per heavy atom. The third-order valence-corrected chi connectivity index (χ3v) is 4.18. The number of nitrogens with one attached hydrogen (secondary N) is 1. The van der Waals surface area contributed by atoms with Gasteiger partial charge in [0.2, 0.25) is 0 Å². The maximum absolute atomic E-state index is 11.3. The minimum absolute atomic E-state index is 0.319. The molecule has 0 aliphatic carbocycles. The number of hydrogen-bond donors (Lipinski definition) is 1. The smallest absolute Gasteiger partial charge is 0.341 e. The van der Waals surface area contributed by atoms with E-state index in [9.17, 15) is 4.79 Å². The van der Waals surface area contributed by atoms with Gasteiger partial charge in [-0.2, -0.15) is 0 Å². The highest BCUT2D eigenvalue weighted by Gasteiger charge is 2.15. The molecule has 1 unspecified atom stereocenters. The van der Waals surface area contributed by atoms with Gasteiger partial charge in [-0.1, -0.05) is 6.07 Å². The van der Waals surface area contributed by atoms with E-state index in [1.165, 1.54) is 18.3 Å². The first-order chi connectivity index (χ1) is 10.1. The third-order valence-electron chi connectivity index (χ3n) is 3.21. The van der Waals surface area contributed by atoms with E-state index in [0.717, 1.165) is 12.3 Å². The Hall–Kier alpha value is -1.63. The van der Waals surface area contributed by atoms with Crippen molar-refractivity contribution in [2.45, 2.75) is 12.6 Å². The highest BCUT2D eigenvalue weighted by Crippen LogP contribution is 2.22. The van der Waals surface area contributed by atoms with Crippen molar-refractivity contribution in [1.82, 2.24) is 10.2 Å². The van der Waals surface area contributed by atoms with Gasteiger partial charge in [-0.25, -0.2) is 4.79 Å². The molecule has 0 saturated heterocycles. The Balaban J connectivity index is 1.88. The van der Waals surface area contributed by atoms with Crippen LogP contribution in [0, 0.1) is 0 Å². The normalized spacial score (nSPS) is 12.6. The molecule has 2 aromatic rings. The number of likely N-dealkylation sites (N-methyl/N-ethyl adjacent to an activating group) is 1. The summed E-state index contributed by atoms with van der Waals surface area (Å²) in [5.41, 5.74) is 0.441. The first-order valence-corrected chi connectivity index (χ1v) is 7.56. The average Bonchev–Trinajstić information content (AvgIpc) is 3.13. The van der Waals surface area contributed by atoms with Crippen LogP contribution in [0.15, 0.2) is 34.3 Å². The predicted molar refractivity (Wildman–Crippen MR) is 82.5 cm³/mol. The molecule has 114 valence electrons. The summed E-state index contributed by atoms with van der Waals surface area (Å²) in [7, 11) is 5.48. The van der Waals surface area contributed by atoms with Crippen LogP contribution < -0.4 is 5.32 Å². The first-order valence-electron chi connectivity index (χ1n) is 6.68. The van der Waals surface area contributed by atoms with E-state index in [1.807, 2.05) is 0 Å². The van der Waals surface area contributed by atoms with Gasteiger partial charge in [0.25, 0.3) is 0 Å². The Bertz CT molecular complexity index is 563. The molecule has 0 aliphatic rings. The van der Waals surface area contributed by atoms with Crippen LogP contribution >= 0.6 is 11.3 Å². The predicted octanol–water partition coefficient (Wildman–Crippen LogP) is 2.52. The lowest BCUT2D eigenvalue weighted by atomic mass is 10.2. The number of rotatable bonds is 7. The summed E-state index contributed by atoms with van der Waals surface area (Å²) in [6.07, 6.45) is 1.42. The molecule has 0 saturated carbocycles. The van der Waals surface area contributed by atoms with Crippen LogP contribution in [-0.2, 0) is 11.3 Å². The molecule has 0 fully saturated rings. The van der Waals surface area contributed by atoms with E-state index in [1.54, 1.807) is 17.4 Å². The molecule has 0 aliphatic heterocycles. The van der Waals surface area contributed by atoms with Crippen LogP contribution in [0.5, 0.6) is 0 Å². The molecular weight excluding hydrogens is 288 g/mol. The quantitative estimate of drug-likeness (QED) is 0.797. The molecule has 21 heavy (non-hydrogen) atoms. The number of carbonyl (C=O) groups excluding carboxylic acids is 1. The number of furan rings is 1. The van der Waals surface area contributed by atoms with Gasteiger partial charge in [0.05, 0.1) is 25.3 Å². The lowest BCUT2D eigenvalue weighted by molar-refractivity contribution is 0.0600.